The summed E-state index contributed by atoms with van der Waals surface area (Å²) in [6, 6.07) is 17.2. The van der Waals surface area contributed by atoms with Crippen LogP contribution < -0.4 is 19.4 Å². The number of carbonyl (C=O) groups is 2. The molecular weight excluding hydrogens is 342 g/mol. The lowest BCUT2D eigenvalue weighted by Crippen LogP contribution is -3.19. The topological polar surface area (TPSA) is 54.3 Å². The van der Waals surface area contributed by atoms with E-state index in [1.54, 1.807) is 19.2 Å². The van der Waals surface area contributed by atoms with E-state index in [0.717, 1.165) is 26.2 Å². The van der Waals surface area contributed by atoms with Crippen LogP contribution in [0.15, 0.2) is 54.6 Å². The number of rotatable bonds is 4. The second kappa shape index (κ2) is 7.40. The van der Waals surface area contributed by atoms with Crippen molar-refractivity contribution in [2.45, 2.75) is 12.5 Å². The minimum Gasteiger partial charge on any atom is -0.495 e. The fourth-order valence-corrected chi connectivity index (χ4v) is 4.06. The average Bonchev–Trinajstić information content (AvgIpc) is 3.02. The number of ether oxygens (including phenoxy) is 1. The number of hydrogen-bond acceptors (Lipinski definition) is 4. The molecule has 0 saturated carbocycles. The van der Waals surface area contributed by atoms with Crippen LogP contribution in [0.5, 0.6) is 5.75 Å². The number of hydrogen-bond donors (Lipinski definition) is 1. The number of carbonyl (C=O) groups excluding carboxylic acids is 2. The van der Waals surface area contributed by atoms with Crippen LogP contribution in [-0.4, -0.2) is 51.1 Å². The molecule has 1 unspecified atom stereocenters. The first-order chi connectivity index (χ1) is 13.2. The van der Waals surface area contributed by atoms with Gasteiger partial charge in [0.2, 0.25) is 5.91 Å². The van der Waals surface area contributed by atoms with Gasteiger partial charge >= 0.3 is 0 Å². The Balaban J connectivity index is 1.47. The van der Waals surface area contributed by atoms with Gasteiger partial charge in [0, 0.05) is 5.69 Å². The van der Waals surface area contributed by atoms with E-state index >= 15 is 0 Å². The van der Waals surface area contributed by atoms with Crippen LogP contribution in [0.1, 0.15) is 6.42 Å². The number of imide groups is 1. The van der Waals surface area contributed by atoms with Crippen molar-refractivity contribution in [3.8, 4) is 5.75 Å². The third kappa shape index (κ3) is 3.28. The maximum atomic E-state index is 13.1. The highest BCUT2D eigenvalue weighted by Gasteiger charge is 2.47. The molecule has 4 rings (SSSR count). The number of quaternary nitrogens is 1. The molecule has 6 heteroatoms. The Labute approximate surface area is 158 Å². The molecule has 1 N–H and O–H groups in total. The van der Waals surface area contributed by atoms with Gasteiger partial charge in [-0.25, -0.2) is 4.90 Å². The van der Waals surface area contributed by atoms with Crippen LogP contribution in [0, 0.1) is 0 Å². The second-order valence-electron chi connectivity index (χ2n) is 6.98. The molecule has 140 valence electrons. The van der Waals surface area contributed by atoms with E-state index in [4.69, 9.17) is 4.74 Å². The molecule has 0 aromatic heterocycles. The Morgan fingerprint density at radius 2 is 1.63 bits per heavy atom. The molecule has 2 amide bonds. The summed E-state index contributed by atoms with van der Waals surface area (Å²) >= 11 is 0. The molecule has 6 nitrogen and oxygen atoms in total. The molecule has 0 spiro atoms. The van der Waals surface area contributed by atoms with Crippen molar-refractivity contribution in [1.29, 1.82) is 0 Å². The molecule has 2 aliphatic rings. The highest BCUT2D eigenvalue weighted by atomic mass is 16.5. The van der Waals surface area contributed by atoms with Crippen molar-refractivity contribution in [2.75, 3.05) is 43.1 Å². The Hall–Kier alpha value is -2.86. The zero-order valence-corrected chi connectivity index (χ0v) is 15.4. The van der Waals surface area contributed by atoms with E-state index in [2.05, 4.69) is 17.0 Å². The maximum absolute atomic E-state index is 13.1. The number of nitrogens with one attached hydrogen (secondary N) is 1. The van der Waals surface area contributed by atoms with E-state index in [-0.39, 0.29) is 24.3 Å². The van der Waals surface area contributed by atoms with Crippen molar-refractivity contribution in [1.82, 2.24) is 0 Å². The third-order valence-corrected chi connectivity index (χ3v) is 5.49. The van der Waals surface area contributed by atoms with Gasteiger partial charge < -0.3 is 14.5 Å². The van der Waals surface area contributed by atoms with Gasteiger partial charge in [-0.2, -0.15) is 0 Å². The van der Waals surface area contributed by atoms with Gasteiger partial charge in [0.25, 0.3) is 5.91 Å². The predicted octanol–water partition coefficient (Wildman–Crippen LogP) is 0.732. The van der Waals surface area contributed by atoms with Gasteiger partial charge in [0.15, 0.2) is 6.04 Å². The number of methoxy groups -OCH3 is 1. The van der Waals surface area contributed by atoms with Crippen molar-refractivity contribution < 1.29 is 19.2 Å². The van der Waals surface area contributed by atoms with Crippen molar-refractivity contribution >= 4 is 23.2 Å². The number of amides is 2. The molecule has 2 aromatic rings. The molecule has 27 heavy (non-hydrogen) atoms. The van der Waals surface area contributed by atoms with Crippen molar-refractivity contribution in [3.05, 3.63) is 54.6 Å². The number of nitrogens with zero attached hydrogens (tertiary/aromatic N) is 2. The van der Waals surface area contributed by atoms with Crippen LogP contribution in [-0.2, 0) is 9.59 Å². The third-order valence-electron chi connectivity index (χ3n) is 5.49. The Morgan fingerprint density at radius 3 is 2.33 bits per heavy atom. The summed E-state index contributed by atoms with van der Waals surface area (Å²) in [6.07, 6.45) is 0.261. The smallest absolute Gasteiger partial charge is 0.292 e. The summed E-state index contributed by atoms with van der Waals surface area (Å²) in [4.78, 5) is 30.5. The number of piperazine rings is 1. The number of anilines is 2. The minimum absolute atomic E-state index is 0.118. The summed E-state index contributed by atoms with van der Waals surface area (Å²) in [5, 5.41) is 0. The van der Waals surface area contributed by atoms with Gasteiger partial charge in [-0.05, 0) is 24.3 Å². The SMILES string of the molecule is COc1ccccc1N1C(=O)CC([NH+]2CCN(c3ccccc3)CC2)C1=O. The van der Waals surface area contributed by atoms with Gasteiger partial charge in [0.05, 0.1) is 45.4 Å². The van der Waals surface area contributed by atoms with Crippen molar-refractivity contribution in [3.63, 3.8) is 0 Å². The van der Waals surface area contributed by atoms with Gasteiger partial charge in [0.1, 0.15) is 5.75 Å². The largest absolute Gasteiger partial charge is 0.495 e. The normalized spacial score (nSPS) is 21.0. The van der Waals surface area contributed by atoms with Crippen LogP contribution in [0.4, 0.5) is 11.4 Å². The van der Waals surface area contributed by atoms with Gasteiger partial charge in [-0.1, -0.05) is 30.3 Å². The lowest BCUT2D eigenvalue weighted by atomic mass is 10.1. The van der Waals surface area contributed by atoms with Gasteiger partial charge in [-0.15, -0.1) is 0 Å². The maximum Gasteiger partial charge on any atom is 0.292 e. The lowest BCUT2D eigenvalue weighted by molar-refractivity contribution is -0.915. The molecule has 2 aliphatic heterocycles. The molecule has 2 aromatic carbocycles. The molecule has 0 aliphatic carbocycles. The van der Waals surface area contributed by atoms with Crippen LogP contribution >= 0.6 is 0 Å². The van der Waals surface area contributed by atoms with Crippen molar-refractivity contribution in [2.24, 2.45) is 0 Å². The monoisotopic (exact) mass is 366 g/mol. The first kappa shape index (κ1) is 17.5. The molecule has 0 bridgehead atoms. The number of benzene rings is 2. The summed E-state index contributed by atoms with van der Waals surface area (Å²) in [5.74, 6) is 0.281. The van der Waals surface area contributed by atoms with Gasteiger partial charge in [-0.3, -0.25) is 9.59 Å². The molecule has 2 heterocycles. The average molecular weight is 366 g/mol. The Morgan fingerprint density at radius 1 is 0.963 bits per heavy atom. The summed E-state index contributed by atoms with van der Waals surface area (Å²) in [5.41, 5.74) is 1.75. The molecule has 1 atom stereocenters. The summed E-state index contributed by atoms with van der Waals surface area (Å²) in [7, 11) is 1.55. The van der Waals surface area contributed by atoms with E-state index in [0.29, 0.717) is 11.4 Å². The van der Waals surface area contributed by atoms with Crippen LogP contribution in [0.3, 0.4) is 0 Å². The minimum atomic E-state index is -0.305. The number of para-hydroxylation sites is 3. The lowest BCUT2D eigenvalue weighted by Gasteiger charge is -2.35. The summed E-state index contributed by atoms with van der Waals surface area (Å²) < 4.78 is 5.34. The standard InChI is InChI=1S/C21H23N3O3/c1-27-19-10-6-5-9-17(19)24-20(25)15-18(21(24)26)23-13-11-22(12-14-23)16-7-3-2-4-8-16/h2-10,18H,11-15H2,1H3/p+1. The fourth-order valence-electron chi connectivity index (χ4n) is 4.06. The first-order valence-electron chi connectivity index (χ1n) is 9.33. The highest BCUT2D eigenvalue weighted by Crippen LogP contribution is 2.31. The first-order valence-corrected chi connectivity index (χ1v) is 9.33. The van der Waals surface area contributed by atoms with E-state index in [1.807, 2.05) is 30.3 Å². The Kier molecular flexibility index (Phi) is 4.81. The Bertz CT molecular complexity index is 832. The fraction of sp³-hybridized carbons (Fsp3) is 0.333. The second-order valence-corrected chi connectivity index (χ2v) is 6.98. The van der Waals surface area contributed by atoms with E-state index < -0.39 is 0 Å². The van der Waals surface area contributed by atoms with E-state index in [9.17, 15) is 9.59 Å². The molecular formula is C21H24N3O3+. The molecule has 0 radical (unpaired) electrons. The zero-order valence-electron chi connectivity index (χ0n) is 15.4. The highest BCUT2D eigenvalue weighted by molar-refractivity contribution is 6.22. The van der Waals surface area contributed by atoms with Crippen LogP contribution in [0.2, 0.25) is 0 Å². The molecule has 2 saturated heterocycles. The van der Waals surface area contributed by atoms with Crippen LogP contribution in [0.25, 0.3) is 0 Å². The predicted molar refractivity (Wildman–Crippen MR) is 103 cm³/mol. The summed E-state index contributed by atoms with van der Waals surface area (Å²) in [6.45, 7) is 3.45. The zero-order chi connectivity index (χ0) is 18.8. The quantitative estimate of drug-likeness (QED) is 0.811. The molecule has 2 fully saturated rings. The van der Waals surface area contributed by atoms with E-state index in [1.165, 1.54) is 15.5 Å².